The Hall–Kier alpha value is -1.81. The van der Waals surface area contributed by atoms with Gasteiger partial charge in [-0.05, 0) is 12.1 Å². The van der Waals surface area contributed by atoms with Crippen molar-refractivity contribution in [3.8, 4) is 0 Å². The molecule has 1 N–H and O–H groups in total. The molecule has 2 heterocycles. The molecule has 2 aromatic rings. The Morgan fingerprint density at radius 3 is 3.00 bits per heavy atom. The van der Waals surface area contributed by atoms with Crippen LogP contribution >= 0.6 is 11.6 Å². The zero-order valence-corrected chi connectivity index (χ0v) is 9.57. The van der Waals surface area contributed by atoms with Crippen LogP contribution in [0.25, 0.3) is 10.9 Å². The number of halogens is 1. The van der Waals surface area contributed by atoms with Gasteiger partial charge in [-0.2, -0.15) is 0 Å². The van der Waals surface area contributed by atoms with Crippen LogP contribution in [-0.4, -0.2) is 17.6 Å². The summed E-state index contributed by atoms with van der Waals surface area (Å²) in [6.45, 7) is 0.429. The molecule has 5 heteroatoms. The highest BCUT2D eigenvalue weighted by molar-refractivity contribution is 6.30. The number of fused-ring (bicyclic) bond motifs is 1. The van der Waals surface area contributed by atoms with Crippen molar-refractivity contribution < 1.29 is 9.53 Å². The largest absolute Gasteiger partial charge is 0.439 e. The Bertz CT molecular complexity index is 600. The number of pyridine rings is 1. The quantitative estimate of drug-likeness (QED) is 0.790. The molecule has 4 nitrogen and oxygen atoms in total. The standard InChI is InChI=1S/C12H9ClN2O2/c13-11-8(10-6-14-12(16)17-10)5-7-3-1-2-4-9(7)15-11/h1-5,10H,6H2,(H,14,16). The number of para-hydroxylation sites is 1. The first-order valence-electron chi connectivity index (χ1n) is 5.24. The van der Waals surface area contributed by atoms with E-state index in [9.17, 15) is 4.79 Å². The Kier molecular flexibility index (Phi) is 2.37. The van der Waals surface area contributed by atoms with E-state index in [1.165, 1.54) is 0 Å². The molecule has 1 atom stereocenters. The number of aromatic nitrogens is 1. The minimum absolute atomic E-state index is 0.355. The number of amides is 1. The van der Waals surface area contributed by atoms with E-state index in [2.05, 4.69) is 10.3 Å². The summed E-state index contributed by atoms with van der Waals surface area (Å²) in [5.74, 6) is 0. The molecule has 17 heavy (non-hydrogen) atoms. The molecule has 0 spiro atoms. The highest BCUT2D eigenvalue weighted by atomic mass is 35.5. The summed E-state index contributed by atoms with van der Waals surface area (Å²) in [6, 6.07) is 9.59. The second kappa shape index (κ2) is 3.89. The SMILES string of the molecule is O=C1NCC(c2cc3ccccc3nc2Cl)O1. The zero-order valence-electron chi connectivity index (χ0n) is 8.81. The molecule has 0 bridgehead atoms. The molecule has 0 saturated carbocycles. The molecule has 1 amide bonds. The van der Waals surface area contributed by atoms with E-state index in [1.54, 1.807) is 0 Å². The monoisotopic (exact) mass is 248 g/mol. The summed E-state index contributed by atoms with van der Waals surface area (Å²) in [6.07, 6.45) is -0.772. The van der Waals surface area contributed by atoms with Crippen LogP contribution in [0.4, 0.5) is 4.79 Å². The molecule has 1 saturated heterocycles. The van der Waals surface area contributed by atoms with Crippen LogP contribution in [0.3, 0.4) is 0 Å². The molecule has 1 unspecified atom stereocenters. The topological polar surface area (TPSA) is 51.2 Å². The van der Waals surface area contributed by atoms with Gasteiger partial charge >= 0.3 is 6.09 Å². The minimum Gasteiger partial charge on any atom is -0.439 e. The third kappa shape index (κ3) is 1.80. The van der Waals surface area contributed by atoms with Gasteiger partial charge in [-0.3, -0.25) is 0 Å². The summed E-state index contributed by atoms with van der Waals surface area (Å²) in [5, 5.41) is 3.96. The fourth-order valence-electron chi connectivity index (χ4n) is 1.90. The number of carbonyl (C=O) groups is 1. The number of cyclic esters (lactones) is 1. The minimum atomic E-state index is -0.417. The first kappa shape index (κ1) is 10.4. The van der Waals surface area contributed by atoms with Crippen molar-refractivity contribution in [3.05, 3.63) is 41.0 Å². The van der Waals surface area contributed by atoms with Gasteiger partial charge in [0.25, 0.3) is 0 Å². The van der Waals surface area contributed by atoms with E-state index in [1.807, 2.05) is 30.3 Å². The lowest BCUT2D eigenvalue weighted by Crippen LogP contribution is -2.12. The smallest absolute Gasteiger partial charge is 0.407 e. The molecule has 86 valence electrons. The van der Waals surface area contributed by atoms with Crippen molar-refractivity contribution in [1.82, 2.24) is 10.3 Å². The first-order chi connectivity index (χ1) is 8.24. The van der Waals surface area contributed by atoms with Crippen LogP contribution in [0.1, 0.15) is 11.7 Å². The average molecular weight is 249 g/mol. The molecule has 3 rings (SSSR count). The summed E-state index contributed by atoms with van der Waals surface area (Å²) in [4.78, 5) is 15.3. The molecule has 1 aliphatic heterocycles. The second-order valence-corrected chi connectivity index (χ2v) is 4.19. The van der Waals surface area contributed by atoms with Crippen molar-refractivity contribution >= 4 is 28.6 Å². The van der Waals surface area contributed by atoms with E-state index in [0.29, 0.717) is 11.7 Å². The molecule has 1 aromatic carbocycles. The number of ether oxygens (including phenoxy) is 1. The third-order valence-corrected chi connectivity index (χ3v) is 3.04. The maximum Gasteiger partial charge on any atom is 0.407 e. The van der Waals surface area contributed by atoms with Gasteiger partial charge in [-0.25, -0.2) is 9.78 Å². The molecule has 1 fully saturated rings. The summed E-state index contributed by atoms with van der Waals surface area (Å²) in [5.41, 5.74) is 1.57. The number of benzene rings is 1. The van der Waals surface area contributed by atoms with E-state index >= 15 is 0 Å². The van der Waals surface area contributed by atoms with Gasteiger partial charge in [0.15, 0.2) is 0 Å². The van der Waals surface area contributed by atoms with Crippen molar-refractivity contribution in [2.45, 2.75) is 6.10 Å². The number of carbonyl (C=O) groups excluding carboxylic acids is 1. The van der Waals surface area contributed by atoms with Gasteiger partial charge in [0.05, 0.1) is 12.1 Å². The van der Waals surface area contributed by atoms with Crippen molar-refractivity contribution in [2.24, 2.45) is 0 Å². The summed E-state index contributed by atoms with van der Waals surface area (Å²) >= 11 is 6.10. The second-order valence-electron chi connectivity index (χ2n) is 3.84. The van der Waals surface area contributed by atoms with Crippen molar-refractivity contribution in [3.63, 3.8) is 0 Å². The van der Waals surface area contributed by atoms with Crippen LogP contribution in [0.2, 0.25) is 5.15 Å². The lowest BCUT2D eigenvalue weighted by Gasteiger charge is -2.10. The van der Waals surface area contributed by atoms with Gasteiger partial charge in [0.2, 0.25) is 0 Å². The van der Waals surface area contributed by atoms with Crippen LogP contribution in [0, 0.1) is 0 Å². The Balaban J connectivity index is 2.10. The number of nitrogens with zero attached hydrogens (tertiary/aromatic N) is 1. The van der Waals surface area contributed by atoms with Crippen LogP contribution in [0.5, 0.6) is 0 Å². The number of hydrogen-bond donors (Lipinski definition) is 1. The van der Waals surface area contributed by atoms with Gasteiger partial charge in [0, 0.05) is 10.9 Å². The molecule has 0 aliphatic carbocycles. The normalized spacial score (nSPS) is 19.1. The van der Waals surface area contributed by atoms with Gasteiger partial charge in [-0.15, -0.1) is 0 Å². The number of alkyl carbamates (subject to hydrolysis) is 1. The number of hydrogen-bond acceptors (Lipinski definition) is 3. The molecular formula is C12H9ClN2O2. The average Bonchev–Trinajstić information content (AvgIpc) is 2.75. The van der Waals surface area contributed by atoms with Gasteiger partial charge in [-0.1, -0.05) is 29.8 Å². The van der Waals surface area contributed by atoms with Crippen LogP contribution < -0.4 is 5.32 Å². The van der Waals surface area contributed by atoms with Crippen LogP contribution in [-0.2, 0) is 4.74 Å². The van der Waals surface area contributed by atoms with Gasteiger partial charge in [0.1, 0.15) is 11.3 Å². The zero-order chi connectivity index (χ0) is 11.8. The highest BCUT2D eigenvalue weighted by Crippen LogP contribution is 2.29. The maximum atomic E-state index is 11.0. The van der Waals surface area contributed by atoms with E-state index in [0.717, 1.165) is 16.5 Å². The Labute approximate surface area is 103 Å². The molecule has 1 aromatic heterocycles. The van der Waals surface area contributed by atoms with E-state index in [-0.39, 0.29) is 6.10 Å². The molecule has 1 aliphatic rings. The number of rotatable bonds is 1. The summed E-state index contributed by atoms with van der Waals surface area (Å²) < 4.78 is 5.10. The predicted molar refractivity (Wildman–Crippen MR) is 64.0 cm³/mol. The van der Waals surface area contributed by atoms with E-state index < -0.39 is 6.09 Å². The van der Waals surface area contributed by atoms with Crippen LogP contribution in [0.15, 0.2) is 30.3 Å². The lowest BCUT2D eigenvalue weighted by molar-refractivity contribution is 0.141. The highest BCUT2D eigenvalue weighted by Gasteiger charge is 2.26. The Morgan fingerprint density at radius 1 is 1.41 bits per heavy atom. The third-order valence-electron chi connectivity index (χ3n) is 2.73. The molecule has 0 radical (unpaired) electrons. The van der Waals surface area contributed by atoms with Gasteiger partial charge < -0.3 is 10.1 Å². The van der Waals surface area contributed by atoms with Crippen molar-refractivity contribution in [2.75, 3.05) is 6.54 Å². The fraction of sp³-hybridized carbons (Fsp3) is 0.167. The Morgan fingerprint density at radius 2 is 2.24 bits per heavy atom. The van der Waals surface area contributed by atoms with E-state index in [4.69, 9.17) is 16.3 Å². The predicted octanol–water partition coefficient (Wildman–Crippen LogP) is 2.67. The van der Waals surface area contributed by atoms with Crippen molar-refractivity contribution in [1.29, 1.82) is 0 Å². The number of nitrogens with one attached hydrogen (secondary N) is 1. The maximum absolute atomic E-state index is 11.0. The first-order valence-corrected chi connectivity index (χ1v) is 5.61. The lowest BCUT2D eigenvalue weighted by atomic mass is 10.1. The molecular weight excluding hydrogens is 240 g/mol. The summed E-state index contributed by atoms with van der Waals surface area (Å²) in [7, 11) is 0. The fourth-order valence-corrected chi connectivity index (χ4v) is 2.16.